The van der Waals surface area contributed by atoms with Crippen molar-refractivity contribution in [3.63, 3.8) is 0 Å². The number of nitrogens with zero attached hydrogens (tertiary/aromatic N) is 1. The highest BCUT2D eigenvalue weighted by molar-refractivity contribution is 9.10. The quantitative estimate of drug-likeness (QED) is 0.885. The van der Waals surface area contributed by atoms with Crippen LogP contribution in [0, 0.1) is 11.7 Å². The second-order valence-electron chi connectivity index (χ2n) is 5.48. The molecule has 4 nitrogen and oxygen atoms in total. The van der Waals surface area contributed by atoms with Gasteiger partial charge in [-0.2, -0.15) is 0 Å². The van der Waals surface area contributed by atoms with Gasteiger partial charge >= 0.3 is 0 Å². The van der Waals surface area contributed by atoms with Crippen LogP contribution in [0.1, 0.15) is 36.5 Å². The molecule has 1 saturated heterocycles. The van der Waals surface area contributed by atoms with Gasteiger partial charge in [0.25, 0.3) is 5.91 Å². The molecule has 1 aliphatic rings. The van der Waals surface area contributed by atoms with E-state index in [4.69, 9.17) is 0 Å². The number of likely N-dealkylation sites (tertiary alicyclic amines) is 1. The Labute approximate surface area is 138 Å². The highest BCUT2D eigenvalue weighted by Crippen LogP contribution is 2.22. The number of carbonyl (C=O) groups excluding carboxylic acids is 2. The lowest BCUT2D eigenvalue weighted by atomic mass is 9.95. The summed E-state index contributed by atoms with van der Waals surface area (Å²) >= 11 is 3.25. The number of hydrogen-bond donors (Lipinski definition) is 1. The number of amides is 2. The highest BCUT2D eigenvalue weighted by Gasteiger charge is 2.28. The number of rotatable bonds is 4. The number of halogens is 2. The minimum atomic E-state index is -0.518. The standard InChI is InChI=1S/C16H20BrFN2O2/c1-2-7-19-15(21)11-5-8-20(9-6-11)16(22)13-10-12(17)3-4-14(13)18/h3-4,10-11H,2,5-9H2,1H3,(H,19,21). The van der Waals surface area contributed by atoms with Crippen LogP contribution < -0.4 is 5.32 Å². The van der Waals surface area contributed by atoms with E-state index in [0.29, 0.717) is 36.9 Å². The molecule has 0 aromatic heterocycles. The van der Waals surface area contributed by atoms with Crippen molar-refractivity contribution >= 4 is 27.7 Å². The lowest BCUT2D eigenvalue weighted by molar-refractivity contribution is -0.126. The molecule has 1 N–H and O–H groups in total. The van der Waals surface area contributed by atoms with Gasteiger partial charge in [0, 0.05) is 30.0 Å². The molecule has 0 atom stereocenters. The third-order valence-corrected chi connectivity index (χ3v) is 4.35. The van der Waals surface area contributed by atoms with Gasteiger partial charge < -0.3 is 10.2 Å². The molecule has 22 heavy (non-hydrogen) atoms. The van der Waals surface area contributed by atoms with E-state index in [0.717, 1.165) is 6.42 Å². The maximum Gasteiger partial charge on any atom is 0.256 e. The second kappa shape index (κ2) is 7.72. The SMILES string of the molecule is CCCNC(=O)C1CCN(C(=O)c2cc(Br)ccc2F)CC1. The maximum absolute atomic E-state index is 13.8. The zero-order valence-electron chi connectivity index (χ0n) is 12.6. The molecule has 2 rings (SSSR count). The Bertz CT molecular complexity index is 557. The van der Waals surface area contributed by atoms with Gasteiger partial charge in [0.05, 0.1) is 5.56 Å². The fraction of sp³-hybridized carbons (Fsp3) is 0.500. The molecule has 2 amide bonds. The second-order valence-corrected chi connectivity index (χ2v) is 6.40. The monoisotopic (exact) mass is 370 g/mol. The lowest BCUT2D eigenvalue weighted by Gasteiger charge is -2.31. The molecular formula is C16H20BrFN2O2. The van der Waals surface area contributed by atoms with Crippen LogP contribution in [0.3, 0.4) is 0 Å². The number of benzene rings is 1. The fourth-order valence-corrected chi connectivity index (χ4v) is 2.93. The zero-order valence-corrected chi connectivity index (χ0v) is 14.2. The van der Waals surface area contributed by atoms with Crippen LogP contribution >= 0.6 is 15.9 Å². The Hall–Kier alpha value is -1.43. The Balaban J connectivity index is 1.95. The molecule has 1 aliphatic heterocycles. The third kappa shape index (κ3) is 4.06. The molecule has 0 saturated carbocycles. The van der Waals surface area contributed by atoms with Crippen molar-refractivity contribution in [2.75, 3.05) is 19.6 Å². The van der Waals surface area contributed by atoms with Crippen LogP contribution in [-0.4, -0.2) is 36.3 Å². The van der Waals surface area contributed by atoms with Crippen LogP contribution in [0.25, 0.3) is 0 Å². The first kappa shape index (κ1) is 16.9. The molecule has 6 heteroatoms. The third-order valence-electron chi connectivity index (χ3n) is 3.86. The van der Waals surface area contributed by atoms with Gasteiger partial charge in [0.15, 0.2) is 0 Å². The topological polar surface area (TPSA) is 49.4 Å². The first-order valence-corrected chi connectivity index (χ1v) is 8.34. The van der Waals surface area contributed by atoms with E-state index in [1.807, 2.05) is 6.92 Å². The minimum Gasteiger partial charge on any atom is -0.356 e. The van der Waals surface area contributed by atoms with Crippen molar-refractivity contribution < 1.29 is 14.0 Å². The molecule has 1 heterocycles. The molecule has 0 radical (unpaired) electrons. The molecule has 1 fully saturated rings. The van der Waals surface area contributed by atoms with E-state index in [2.05, 4.69) is 21.2 Å². The van der Waals surface area contributed by atoms with Gasteiger partial charge in [-0.1, -0.05) is 22.9 Å². The summed E-state index contributed by atoms with van der Waals surface area (Å²) in [6.07, 6.45) is 2.15. The summed E-state index contributed by atoms with van der Waals surface area (Å²) in [4.78, 5) is 25.9. The summed E-state index contributed by atoms with van der Waals surface area (Å²) in [5, 5.41) is 2.89. The number of hydrogen-bond acceptors (Lipinski definition) is 2. The zero-order chi connectivity index (χ0) is 16.1. The van der Waals surface area contributed by atoms with Crippen LogP contribution in [0.2, 0.25) is 0 Å². The predicted octanol–water partition coefficient (Wildman–Crippen LogP) is 2.97. The number of piperidine rings is 1. The summed E-state index contributed by atoms with van der Waals surface area (Å²) in [5.41, 5.74) is 0.0725. The van der Waals surface area contributed by atoms with Crippen molar-refractivity contribution in [1.82, 2.24) is 10.2 Å². The molecule has 0 bridgehead atoms. The average molecular weight is 371 g/mol. The van der Waals surface area contributed by atoms with Gasteiger partial charge in [0.2, 0.25) is 5.91 Å². The van der Waals surface area contributed by atoms with Crippen molar-refractivity contribution in [3.05, 3.63) is 34.1 Å². The van der Waals surface area contributed by atoms with E-state index in [1.54, 1.807) is 11.0 Å². The summed E-state index contributed by atoms with van der Waals surface area (Å²) in [7, 11) is 0. The van der Waals surface area contributed by atoms with E-state index in [-0.39, 0.29) is 23.3 Å². The van der Waals surface area contributed by atoms with Crippen molar-refractivity contribution in [2.24, 2.45) is 5.92 Å². The van der Waals surface area contributed by atoms with E-state index < -0.39 is 5.82 Å². The Morgan fingerprint density at radius 1 is 1.36 bits per heavy atom. The van der Waals surface area contributed by atoms with E-state index >= 15 is 0 Å². The van der Waals surface area contributed by atoms with Crippen molar-refractivity contribution in [3.8, 4) is 0 Å². The molecule has 0 unspecified atom stereocenters. The van der Waals surface area contributed by atoms with Crippen LogP contribution in [-0.2, 0) is 4.79 Å². The van der Waals surface area contributed by atoms with Crippen LogP contribution in [0.4, 0.5) is 4.39 Å². The van der Waals surface area contributed by atoms with Crippen molar-refractivity contribution in [2.45, 2.75) is 26.2 Å². The normalized spacial score (nSPS) is 15.7. The molecular weight excluding hydrogens is 351 g/mol. The first-order valence-electron chi connectivity index (χ1n) is 7.55. The summed E-state index contributed by atoms with van der Waals surface area (Å²) in [6, 6.07) is 4.34. The largest absolute Gasteiger partial charge is 0.356 e. The highest BCUT2D eigenvalue weighted by atomic mass is 79.9. The molecule has 0 spiro atoms. The first-order chi connectivity index (χ1) is 10.5. The van der Waals surface area contributed by atoms with Crippen molar-refractivity contribution in [1.29, 1.82) is 0 Å². The Kier molecular flexibility index (Phi) is 5.94. The van der Waals surface area contributed by atoms with Crippen LogP contribution in [0.5, 0.6) is 0 Å². The van der Waals surface area contributed by atoms with Gasteiger partial charge in [0.1, 0.15) is 5.82 Å². The molecule has 1 aromatic carbocycles. The van der Waals surface area contributed by atoms with Gasteiger partial charge in [-0.25, -0.2) is 4.39 Å². The minimum absolute atomic E-state index is 0.0528. The molecule has 1 aromatic rings. The smallest absolute Gasteiger partial charge is 0.256 e. The van der Waals surface area contributed by atoms with E-state index in [9.17, 15) is 14.0 Å². The predicted molar refractivity (Wildman–Crippen MR) is 86.0 cm³/mol. The Morgan fingerprint density at radius 2 is 2.05 bits per heavy atom. The number of nitrogens with one attached hydrogen (secondary N) is 1. The maximum atomic E-state index is 13.8. The summed E-state index contributed by atoms with van der Waals surface area (Å²) < 4.78 is 14.5. The summed E-state index contributed by atoms with van der Waals surface area (Å²) in [5.74, 6) is -0.826. The van der Waals surface area contributed by atoms with Gasteiger partial charge in [-0.05, 0) is 37.5 Å². The van der Waals surface area contributed by atoms with Crippen LogP contribution in [0.15, 0.2) is 22.7 Å². The Morgan fingerprint density at radius 3 is 2.68 bits per heavy atom. The van der Waals surface area contributed by atoms with E-state index in [1.165, 1.54) is 12.1 Å². The van der Waals surface area contributed by atoms with Gasteiger partial charge in [-0.15, -0.1) is 0 Å². The number of carbonyl (C=O) groups is 2. The molecule has 120 valence electrons. The average Bonchev–Trinajstić information content (AvgIpc) is 2.54. The fourth-order valence-electron chi connectivity index (χ4n) is 2.57. The van der Waals surface area contributed by atoms with Gasteiger partial charge in [-0.3, -0.25) is 9.59 Å². The lowest BCUT2D eigenvalue weighted by Crippen LogP contribution is -2.43. The summed E-state index contributed by atoms with van der Waals surface area (Å²) in [6.45, 7) is 3.65. The molecule has 0 aliphatic carbocycles.